The van der Waals surface area contributed by atoms with E-state index in [1.807, 2.05) is 24.3 Å². The van der Waals surface area contributed by atoms with Crippen LogP contribution in [0, 0.1) is 0 Å². The monoisotopic (exact) mass is 368 g/mol. The third kappa shape index (κ3) is 7.23. The predicted octanol–water partition coefficient (Wildman–Crippen LogP) is 3.38. The van der Waals surface area contributed by atoms with E-state index in [1.165, 1.54) is 6.08 Å². The first-order valence-electron chi connectivity index (χ1n) is 8.80. The first-order chi connectivity index (χ1) is 13.1. The van der Waals surface area contributed by atoms with Gasteiger partial charge in [0.25, 0.3) is 0 Å². The number of rotatable bonds is 10. The summed E-state index contributed by atoms with van der Waals surface area (Å²) in [5.41, 5.74) is 6.51. The summed E-state index contributed by atoms with van der Waals surface area (Å²) in [6.45, 7) is 2.89. The Bertz CT molecular complexity index is 785. The summed E-state index contributed by atoms with van der Waals surface area (Å²) in [5.74, 6) is 0.566. The lowest BCUT2D eigenvalue weighted by Gasteiger charge is -2.10. The Morgan fingerprint density at radius 2 is 1.78 bits per heavy atom. The van der Waals surface area contributed by atoms with Crippen molar-refractivity contribution in [1.82, 2.24) is 0 Å². The minimum atomic E-state index is -0.439. The Morgan fingerprint density at radius 3 is 2.48 bits per heavy atom. The number of carbonyl (C=O) groups is 2. The number of nitrogens with two attached hydrogens (primary N) is 1. The number of primary amides is 1. The molecule has 0 aliphatic heterocycles. The Morgan fingerprint density at radius 1 is 1.04 bits per heavy atom. The van der Waals surface area contributed by atoms with Gasteiger partial charge in [0.15, 0.2) is 0 Å². The molecule has 2 rings (SSSR count). The Hall–Kier alpha value is -3.28. The molecule has 0 radical (unpaired) electrons. The van der Waals surface area contributed by atoms with Gasteiger partial charge in [-0.05, 0) is 42.3 Å². The first kappa shape index (κ1) is 20.0. The van der Waals surface area contributed by atoms with E-state index in [9.17, 15) is 9.59 Å². The van der Waals surface area contributed by atoms with Crippen molar-refractivity contribution in [3.8, 4) is 11.5 Å². The summed E-state index contributed by atoms with van der Waals surface area (Å²) in [7, 11) is 0. The van der Waals surface area contributed by atoms with Gasteiger partial charge in [0.05, 0.1) is 25.3 Å². The van der Waals surface area contributed by atoms with Crippen LogP contribution in [0.4, 0.5) is 5.69 Å². The van der Waals surface area contributed by atoms with Gasteiger partial charge in [-0.1, -0.05) is 31.2 Å². The van der Waals surface area contributed by atoms with E-state index >= 15 is 0 Å². The first-order valence-corrected chi connectivity index (χ1v) is 8.80. The average Bonchev–Trinajstić information content (AvgIpc) is 2.66. The molecule has 2 amide bonds. The molecule has 0 aliphatic rings. The van der Waals surface area contributed by atoms with Gasteiger partial charge in [0, 0.05) is 6.08 Å². The molecule has 0 heterocycles. The fourth-order valence-electron chi connectivity index (χ4n) is 2.20. The lowest BCUT2D eigenvalue weighted by atomic mass is 10.2. The molecule has 27 heavy (non-hydrogen) atoms. The summed E-state index contributed by atoms with van der Waals surface area (Å²) in [6, 6.07) is 14.5. The van der Waals surface area contributed by atoms with Gasteiger partial charge in [0.1, 0.15) is 11.5 Å². The highest BCUT2D eigenvalue weighted by Crippen LogP contribution is 2.24. The zero-order valence-electron chi connectivity index (χ0n) is 15.3. The van der Waals surface area contributed by atoms with Crippen molar-refractivity contribution < 1.29 is 19.1 Å². The van der Waals surface area contributed by atoms with Crippen LogP contribution in [-0.2, 0) is 9.59 Å². The van der Waals surface area contributed by atoms with Crippen LogP contribution in [0.3, 0.4) is 0 Å². The van der Waals surface area contributed by atoms with Gasteiger partial charge in [-0.15, -0.1) is 0 Å². The van der Waals surface area contributed by atoms with Crippen molar-refractivity contribution in [3.63, 3.8) is 0 Å². The van der Waals surface area contributed by atoms with Gasteiger partial charge < -0.3 is 20.5 Å². The van der Waals surface area contributed by atoms with E-state index in [-0.39, 0.29) is 18.9 Å². The molecule has 2 aromatic rings. The quantitative estimate of drug-likeness (QED) is 0.629. The number of anilines is 1. The van der Waals surface area contributed by atoms with Crippen LogP contribution in [0.15, 0.2) is 54.6 Å². The maximum Gasteiger partial charge on any atom is 0.248 e. The highest BCUT2D eigenvalue weighted by Gasteiger charge is 2.06. The van der Waals surface area contributed by atoms with Gasteiger partial charge >= 0.3 is 0 Å². The number of carbonyl (C=O) groups excluding carboxylic acids is 2. The van der Waals surface area contributed by atoms with E-state index in [2.05, 4.69) is 12.2 Å². The molecule has 0 spiro atoms. The van der Waals surface area contributed by atoms with E-state index < -0.39 is 5.91 Å². The number of hydrogen-bond acceptors (Lipinski definition) is 4. The van der Waals surface area contributed by atoms with Crippen LogP contribution in [0.2, 0.25) is 0 Å². The summed E-state index contributed by atoms with van der Waals surface area (Å²) in [5, 5.41) is 2.77. The normalized spacial score (nSPS) is 10.6. The Kier molecular flexibility index (Phi) is 7.91. The number of para-hydroxylation sites is 2. The third-order valence-electron chi connectivity index (χ3n) is 3.53. The van der Waals surface area contributed by atoms with E-state index in [0.29, 0.717) is 18.0 Å². The molecule has 0 saturated carbocycles. The second kappa shape index (κ2) is 10.7. The smallest absolute Gasteiger partial charge is 0.248 e. The summed E-state index contributed by atoms with van der Waals surface area (Å²) in [4.78, 5) is 23.0. The van der Waals surface area contributed by atoms with Gasteiger partial charge in [-0.2, -0.15) is 0 Å². The van der Waals surface area contributed by atoms with Crippen molar-refractivity contribution >= 4 is 23.6 Å². The zero-order chi connectivity index (χ0) is 19.5. The molecule has 0 aliphatic carbocycles. The van der Waals surface area contributed by atoms with Crippen molar-refractivity contribution in [3.05, 3.63) is 60.2 Å². The summed E-state index contributed by atoms with van der Waals surface area (Å²) >= 11 is 0. The van der Waals surface area contributed by atoms with Crippen molar-refractivity contribution in [2.75, 3.05) is 18.5 Å². The molecule has 0 saturated heterocycles. The lowest BCUT2D eigenvalue weighted by molar-refractivity contribution is -0.118. The van der Waals surface area contributed by atoms with Crippen molar-refractivity contribution in [2.45, 2.75) is 19.8 Å². The average molecular weight is 368 g/mol. The molecule has 0 unspecified atom stereocenters. The maximum atomic E-state index is 12.2. The fraction of sp³-hybridized carbons (Fsp3) is 0.238. The van der Waals surface area contributed by atoms with E-state index in [4.69, 9.17) is 15.2 Å². The van der Waals surface area contributed by atoms with Gasteiger partial charge in [-0.3, -0.25) is 9.59 Å². The Balaban J connectivity index is 1.93. The molecule has 0 atom stereocenters. The van der Waals surface area contributed by atoms with Gasteiger partial charge in [-0.25, -0.2) is 0 Å². The standard InChI is InChI=1S/C21H24N2O4/c1-2-14-26-17-10-7-16(8-11-17)9-12-21(25)23-18-5-3-4-6-19(18)27-15-13-20(22)24/h3-12H,2,13-15H2,1H3,(H2,22,24)(H,23,25)/b12-9+. The zero-order valence-corrected chi connectivity index (χ0v) is 15.3. The number of benzene rings is 2. The van der Waals surface area contributed by atoms with E-state index in [0.717, 1.165) is 17.7 Å². The second-order valence-electron chi connectivity index (χ2n) is 5.80. The summed E-state index contributed by atoms with van der Waals surface area (Å²) < 4.78 is 11.0. The molecule has 6 heteroatoms. The topological polar surface area (TPSA) is 90.7 Å². The number of amides is 2. The minimum absolute atomic E-state index is 0.111. The highest BCUT2D eigenvalue weighted by molar-refractivity contribution is 6.02. The van der Waals surface area contributed by atoms with Crippen LogP contribution in [0.5, 0.6) is 11.5 Å². The molecule has 6 nitrogen and oxygen atoms in total. The summed E-state index contributed by atoms with van der Waals surface area (Å²) in [6.07, 6.45) is 4.23. The van der Waals surface area contributed by atoms with Crippen LogP contribution in [0.1, 0.15) is 25.3 Å². The minimum Gasteiger partial charge on any atom is -0.494 e. The molecule has 2 aromatic carbocycles. The van der Waals surface area contributed by atoms with Crippen molar-refractivity contribution in [1.29, 1.82) is 0 Å². The lowest BCUT2D eigenvalue weighted by Crippen LogP contribution is -2.15. The molecule has 0 fully saturated rings. The largest absolute Gasteiger partial charge is 0.494 e. The van der Waals surface area contributed by atoms with Crippen LogP contribution < -0.4 is 20.5 Å². The number of nitrogens with one attached hydrogen (secondary N) is 1. The highest BCUT2D eigenvalue weighted by atomic mass is 16.5. The van der Waals surface area contributed by atoms with Crippen LogP contribution in [0.25, 0.3) is 6.08 Å². The number of hydrogen-bond donors (Lipinski definition) is 2. The third-order valence-corrected chi connectivity index (χ3v) is 3.53. The molecular formula is C21H24N2O4. The van der Waals surface area contributed by atoms with Gasteiger partial charge in [0.2, 0.25) is 11.8 Å². The molecule has 0 aromatic heterocycles. The molecule has 0 bridgehead atoms. The van der Waals surface area contributed by atoms with Crippen molar-refractivity contribution in [2.24, 2.45) is 5.73 Å². The predicted molar refractivity (Wildman–Crippen MR) is 106 cm³/mol. The van der Waals surface area contributed by atoms with E-state index in [1.54, 1.807) is 30.3 Å². The van der Waals surface area contributed by atoms with Crippen LogP contribution in [-0.4, -0.2) is 25.0 Å². The van der Waals surface area contributed by atoms with Crippen LogP contribution >= 0.6 is 0 Å². The number of ether oxygens (including phenoxy) is 2. The SMILES string of the molecule is CCCOc1ccc(/C=C/C(=O)Nc2ccccc2OCCC(N)=O)cc1. The fourth-order valence-corrected chi connectivity index (χ4v) is 2.20. The molecule has 3 N–H and O–H groups in total. The Labute approximate surface area is 159 Å². The molecule has 142 valence electrons. The second-order valence-corrected chi connectivity index (χ2v) is 5.80. The maximum absolute atomic E-state index is 12.2. The molecular weight excluding hydrogens is 344 g/mol.